The molecule has 0 spiro atoms. The van der Waals surface area contributed by atoms with Crippen molar-refractivity contribution in [1.29, 1.82) is 0 Å². The van der Waals surface area contributed by atoms with E-state index < -0.39 is 0 Å². The molecule has 0 saturated carbocycles. The summed E-state index contributed by atoms with van der Waals surface area (Å²) in [7, 11) is 0. The molecule has 0 saturated heterocycles. The summed E-state index contributed by atoms with van der Waals surface area (Å²) >= 11 is 0. The van der Waals surface area contributed by atoms with Crippen LogP contribution < -0.4 is 16.1 Å². The third-order valence-electron chi connectivity index (χ3n) is 1.10. The van der Waals surface area contributed by atoms with Crippen molar-refractivity contribution < 1.29 is 9.63 Å². The second kappa shape index (κ2) is 3.46. The Morgan fingerprint density at radius 1 is 1.36 bits per heavy atom. The molecule has 4 heteroatoms. The van der Waals surface area contributed by atoms with E-state index in [0.717, 1.165) is 0 Å². The van der Waals surface area contributed by atoms with Crippen LogP contribution in [-0.2, 0) is 4.79 Å². The maximum Gasteiger partial charge on any atom is 0.239 e. The predicted octanol–water partition coefficient (Wildman–Crippen LogP) is 0.309. The van der Waals surface area contributed by atoms with Crippen molar-refractivity contribution in [3.8, 4) is 5.75 Å². The zero-order valence-electron chi connectivity index (χ0n) is 5.78. The highest BCUT2D eigenvalue weighted by Gasteiger charge is 1.90. The number of hydroxylamine groups is 1. The number of carbonyl (C=O) groups is 1. The molecule has 0 atom stereocenters. The van der Waals surface area contributed by atoms with Crippen molar-refractivity contribution >= 4 is 12.1 Å². The van der Waals surface area contributed by atoms with E-state index in [-0.39, 0.29) is 0 Å². The predicted molar refractivity (Wildman–Crippen MR) is 40.7 cm³/mol. The Kier molecular flexibility index (Phi) is 2.32. The fraction of sp³-hybridized carbons (Fsp3) is 0. The topological polar surface area (TPSA) is 64.3 Å². The molecular formula is C7H8N2O2. The highest BCUT2D eigenvalue weighted by atomic mass is 16.6. The molecule has 58 valence electrons. The molecule has 1 aromatic carbocycles. The van der Waals surface area contributed by atoms with Gasteiger partial charge in [0.15, 0.2) is 5.75 Å². The van der Waals surface area contributed by atoms with Crippen molar-refractivity contribution in [1.82, 2.24) is 5.48 Å². The average molecular weight is 152 g/mol. The normalized spacial score (nSPS) is 8.73. The minimum absolute atomic E-state index is 0.455. The molecule has 0 radical (unpaired) electrons. The molecule has 3 N–H and O–H groups in total. The Balaban J connectivity index is 2.58. The molecule has 0 aromatic heterocycles. The lowest BCUT2D eigenvalue weighted by molar-refractivity contribution is -0.115. The summed E-state index contributed by atoms with van der Waals surface area (Å²) in [4.78, 5) is 14.5. The summed E-state index contributed by atoms with van der Waals surface area (Å²) in [5.74, 6) is 0.548. The Hall–Kier alpha value is -1.71. The molecule has 0 aliphatic carbocycles. The van der Waals surface area contributed by atoms with Crippen LogP contribution in [0.4, 0.5) is 5.69 Å². The van der Waals surface area contributed by atoms with Gasteiger partial charge in [0, 0.05) is 5.69 Å². The molecule has 0 bridgehead atoms. The first-order chi connectivity index (χ1) is 5.33. The van der Waals surface area contributed by atoms with Crippen molar-refractivity contribution in [3.63, 3.8) is 0 Å². The number of carbonyl (C=O) groups excluding carboxylic acids is 1. The monoisotopic (exact) mass is 152 g/mol. The summed E-state index contributed by atoms with van der Waals surface area (Å²) in [5, 5.41) is 0. The maximum atomic E-state index is 9.78. The minimum Gasteiger partial charge on any atom is -0.399 e. The second-order valence-electron chi connectivity index (χ2n) is 1.91. The van der Waals surface area contributed by atoms with Gasteiger partial charge in [-0.05, 0) is 24.3 Å². The first-order valence-corrected chi connectivity index (χ1v) is 3.04. The van der Waals surface area contributed by atoms with Gasteiger partial charge in [-0.25, -0.2) is 0 Å². The molecule has 0 aliphatic heterocycles. The van der Waals surface area contributed by atoms with Crippen molar-refractivity contribution in [2.75, 3.05) is 5.73 Å². The third kappa shape index (κ3) is 2.17. The van der Waals surface area contributed by atoms with Crippen LogP contribution in [0.1, 0.15) is 0 Å². The summed E-state index contributed by atoms with van der Waals surface area (Å²) in [5.41, 5.74) is 8.13. The number of nitrogens with two attached hydrogens (primary N) is 1. The molecule has 0 unspecified atom stereocenters. The van der Waals surface area contributed by atoms with Gasteiger partial charge in [-0.2, -0.15) is 5.48 Å². The largest absolute Gasteiger partial charge is 0.399 e. The van der Waals surface area contributed by atoms with E-state index >= 15 is 0 Å². The van der Waals surface area contributed by atoms with Crippen LogP contribution in [0.3, 0.4) is 0 Å². The van der Waals surface area contributed by atoms with E-state index in [0.29, 0.717) is 17.8 Å². The zero-order valence-corrected chi connectivity index (χ0v) is 5.78. The first-order valence-electron chi connectivity index (χ1n) is 3.04. The van der Waals surface area contributed by atoms with E-state index in [4.69, 9.17) is 10.6 Å². The molecule has 4 nitrogen and oxygen atoms in total. The molecule has 1 aromatic rings. The SMILES string of the molecule is Nc1ccc(ONC=O)cc1. The van der Waals surface area contributed by atoms with Gasteiger partial charge in [-0.3, -0.25) is 4.79 Å². The Bertz CT molecular complexity index is 233. The van der Waals surface area contributed by atoms with E-state index in [2.05, 4.69) is 5.48 Å². The minimum atomic E-state index is 0.455. The molecule has 0 fully saturated rings. The van der Waals surface area contributed by atoms with Crippen molar-refractivity contribution in [2.45, 2.75) is 0 Å². The number of hydrogen-bond acceptors (Lipinski definition) is 3. The Morgan fingerprint density at radius 2 is 2.00 bits per heavy atom. The number of anilines is 1. The quantitative estimate of drug-likeness (QED) is 0.372. The van der Waals surface area contributed by atoms with Crippen LogP contribution in [0, 0.1) is 0 Å². The van der Waals surface area contributed by atoms with Gasteiger partial charge in [0.25, 0.3) is 0 Å². The second-order valence-corrected chi connectivity index (χ2v) is 1.91. The van der Waals surface area contributed by atoms with Gasteiger partial charge in [0.1, 0.15) is 0 Å². The first kappa shape index (κ1) is 7.40. The number of nitrogens with one attached hydrogen (secondary N) is 1. The van der Waals surface area contributed by atoms with E-state index in [9.17, 15) is 4.79 Å². The van der Waals surface area contributed by atoms with Crippen LogP contribution in [0.15, 0.2) is 24.3 Å². The molecule has 1 rings (SSSR count). The summed E-state index contributed by atoms with van der Waals surface area (Å²) < 4.78 is 0. The fourth-order valence-electron chi connectivity index (χ4n) is 0.628. The van der Waals surface area contributed by atoms with Crippen molar-refractivity contribution in [3.05, 3.63) is 24.3 Å². The zero-order chi connectivity index (χ0) is 8.10. The average Bonchev–Trinajstić information content (AvgIpc) is 2.04. The summed E-state index contributed by atoms with van der Waals surface area (Å²) in [6.45, 7) is 0. The van der Waals surface area contributed by atoms with Crippen molar-refractivity contribution in [2.24, 2.45) is 0 Å². The lowest BCUT2D eigenvalue weighted by atomic mass is 10.3. The van der Waals surface area contributed by atoms with Crippen LogP contribution >= 0.6 is 0 Å². The number of nitrogen functional groups attached to an aromatic ring is 1. The van der Waals surface area contributed by atoms with Crippen LogP contribution in [0.5, 0.6) is 5.75 Å². The Labute approximate surface area is 63.9 Å². The standard InChI is InChI=1S/C7H8N2O2/c8-6-1-3-7(4-2-6)11-9-5-10/h1-5H,8H2,(H,9,10). The summed E-state index contributed by atoms with van der Waals surface area (Å²) in [6, 6.07) is 6.68. The molecule has 1 amide bonds. The highest BCUT2D eigenvalue weighted by Crippen LogP contribution is 2.11. The lowest BCUT2D eigenvalue weighted by Crippen LogP contribution is -2.15. The van der Waals surface area contributed by atoms with Crippen LogP contribution in [-0.4, -0.2) is 6.41 Å². The molecule has 11 heavy (non-hydrogen) atoms. The smallest absolute Gasteiger partial charge is 0.239 e. The van der Waals surface area contributed by atoms with Crippen LogP contribution in [0.2, 0.25) is 0 Å². The third-order valence-corrected chi connectivity index (χ3v) is 1.10. The van der Waals surface area contributed by atoms with E-state index in [1.165, 1.54) is 0 Å². The lowest BCUT2D eigenvalue weighted by Gasteiger charge is -2.00. The van der Waals surface area contributed by atoms with E-state index in [1.54, 1.807) is 24.3 Å². The molecular weight excluding hydrogens is 144 g/mol. The summed E-state index contributed by atoms with van der Waals surface area (Å²) in [6.07, 6.45) is 0.455. The van der Waals surface area contributed by atoms with Crippen LogP contribution in [0.25, 0.3) is 0 Å². The van der Waals surface area contributed by atoms with E-state index in [1.807, 2.05) is 0 Å². The van der Waals surface area contributed by atoms with Gasteiger partial charge >= 0.3 is 0 Å². The number of benzene rings is 1. The number of rotatable bonds is 3. The maximum absolute atomic E-state index is 9.78. The molecule has 0 heterocycles. The van der Waals surface area contributed by atoms with Gasteiger partial charge in [-0.1, -0.05) is 0 Å². The number of hydrogen-bond donors (Lipinski definition) is 2. The van der Waals surface area contributed by atoms with Gasteiger partial charge in [0.2, 0.25) is 6.41 Å². The van der Waals surface area contributed by atoms with Gasteiger partial charge in [-0.15, -0.1) is 0 Å². The highest BCUT2D eigenvalue weighted by molar-refractivity contribution is 5.45. The fourth-order valence-corrected chi connectivity index (χ4v) is 0.628. The Morgan fingerprint density at radius 3 is 2.55 bits per heavy atom. The number of amides is 1. The van der Waals surface area contributed by atoms with Gasteiger partial charge < -0.3 is 10.6 Å². The van der Waals surface area contributed by atoms with Gasteiger partial charge in [0.05, 0.1) is 0 Å². The molecule has 0 aliphatic rings.